The summed E-state index contributed by atoms with van der Waals surface area (Å²) in [4.78, 5) is 30.2. The molecule has 108 valence electrons. The second-order valence-electron chi connectivity index (χ2n) is 4.73. The molecule has 0 spiro atoms. The molecule has 0 bridgehead atoms. The number of thioether (sulfide) groups is 1. The minimum atomic E-state index is -0.182. The van der Waals surface area contributed by atoms with Gasteiger partial charge < -0.3 is 0 Å². The SMILES string of the molecule is CSc1ccccc1C(=O)Nc1nc2c(s1)C(=O)CCC2. The highest BCUT2D eigenvalue weighted by Crippen LogP contribution is 2.30. The van der Waals surface area contributed by atoms with Crippen LogP contribution in [0, 0.1) is 0 Å². The summed E-state index contributed by atoms with van der Waals surface area (Å²) in [5, 5.41) is 3.32. The third kappa shape index (κ3) is 2.87. The lowest BCUT2D eigenvalue weighted by molar-refractivity contribution is 0.0975. The molecule has 0 saturated heterocycles. The number of Topliss-reactive ketones (excluding diaryl/α,β-unsaturated/α-hetero) is 1. The molecule has 1 aliphatic carbocycles. The molecule has 0 atom stereocenters. The van der Waals surface area contributed by atoms with Crippen molar-refractivity contribution in [3.63, 3.8) is 0 Å². The number of hydrogen-bond acceptors (Lipinski definition) is 5. The van der Waals surface area contributed by atoms with Crippen molar-refractivity contribution in [1.82, 2.24) is 4.98 Å². The van der Waals surface area contributed by atoms with Crippen molar-refractivity contribution >= 4 is 39.9 Å². The lowest BCUT2D eigenvalue weighted by atomic mass is 10.0. The van der Waals surface area contributed by atoms with Gasteiger partial charge in [0.25, 0.3) is 5.91 Å². The van der Waals surface area contributed by atoms with Gasteiger partial charge in [-0.25, -0.2) is 4.98 Å². The number of anilines is 1. The van der Waals surface area contributed by atoms with E-state index in [1.807, 2.05) is 24.5 Å². The predicted molar refractivity (Wildman–Crippen MR) is 85.6 cm³/mol. The van der Waals surface area contributed by atoms with Gasteiger partial charge in [-0.3, -0.25) is 14.9 Å². The standard InChI is InChI=1S/C15H14N2O2S2/c1-20-12-8-3-2-5-9(12)14(19)17-15-16-10-6-4-7-11(18)13(10)21-15/h2-3,5,8H,4,6-7H2,1H3,(H,16,17,19). The van der Waals surface area contributed by atoms with Crippen molar-refractivity contribution in [2.24, 2.45) is 0 Å². The van der Waals surface area contributed by atoms with Crippen LogP contribution in [0.1, 0.15) is 38.6 Å². The quantitative estimate of drug-likeness (QED) is 0.878. The summed E-state index contributed by atoms with van der Waals surface area (Å²) in [6, 6.07) is 7.45. The minimum Gasteiger partial charge on any atom is -0.298 e. The van der Waals surface area contributed by atoms with Crippen LogP contribution in [-0.2, 0) is 6.42 Å². The van der Waals surface area contributed by atoms with Gasteiger partial charge in [0.05, 0.1) is 16.1 Å². The molecule has 3 rings (SSSR count). The number of amides is 1. The van der Waals surface area contributed by atoms with E-state index in [1.165, 1.54) is 23.1 Å². The maximum absolute atomic E-state index is 12.3. The van der Waals surface area contributed by atoms with Gasteiger partial charge in [-0.2, -0.15) is 0 Å². The van der Waals surface area contributed by atoms with Gasteiger partial charge >= 0.3 is 0 Å². The Morgan fingerprint density at radius 2 is 2.14 bits per heavy atom. The average molecular weight is 318 g/mol. The van der Waals surface area contributed by atoms with Gasteiger partial charge in [0.1, 0.15) is 0 Å². The van der Waals surface area contributed by atoms with Gasteiger partial charge in [-0.15, -0.1) is 11.8 Å². The van der Waals surface area contributed by atoms with Gasteiger partial charge in [-0.05, 0) is 31.2 Å². The Labute approximate surface area is 131 Å². The highest BCUT2D eigenvalue weighted by molar-refractivity contribution is 7.98. The number of nitrogens with one attached hydrogen (secondary N) is 1. The third-order valence-corrected chi connectivity index (χ3v) is 5.19. The van der Waals surface area contributed by atoms with Crippen LogP contribution < -0.4 is 5.32 Å². The molecule has 0 aliphatic heterocycles. The monoisotopic (exact) mass is 318 g/mol. The lowest BCUT2D eigenvalue weighted by Crippen LogP contribution is -2.12. The number of nitrogens with zero attached hydrogens (tertiary/aromatic N) is 1. The Morgan fingerprint density at radius 1 is 1.33 bits per heavy atom. The molecule has 1 aliphatic rings. The molecule has 4 nitrogen and oxygen atoms in total. The largest absolute Gasteiger partial charge is 0.298 e. The van der Waals surface area contributed by atoms with Crippen LogP contribution in [0.3, 0.4) is 0 Å². The first kappa shape index (κ1) is 14.3. The number of ketones is 1. The highest BCUT2D eigenvalue weighted by Gasteiger charge is 2.23. The van der Waals surface area contributed by atoms with E-state index in [-0.39, 0.29) is 11.7 Å². The third-order valence-electron chi connectivity index (χ3n) is 3.34. The molecule has 1 N–H and O–H groups in total. The van der Waals surface area contributed by atoms with Gasteiger partial charge in [0.2, 0.25) is 0 Å². The van der Waals surface area contributed by atoms with E-state index in [9.17, 15) is 9.59 Å². The average Bonchev–Trinajstić information content (AvgIpc) is 2.91. The smallest absolute Gasteiger partial charge is 0.258 e. The fourth-order valence-electron chi connectivity index (χ4n) is 2.32. The van der Waals surface area contributed by atoms with Crippen LogP contribution in [0.5, 0.6) is 0 Å². The summed E-state index contributed by atoms with van der Waals surface area (Å²) in [5.41, 5.74) is 1.45. The van der Waals surface area contributed by atoms with E-state index in [0.717, 1.165) is 23.4 Å². The summed E-state index contributed by atoms with van der Waals surface area (Å²) in [7, 11) is 0. The molecule has 0 unspecified atom stereocenters. The molecule has 0 radical (unpaired) electrons. The first-order valence-electron chi connectivity index (χ1n) is 6.66. The van der Waals surface area contributed by atoms with Crippen molar-refractivity contribution in [1.29, 1.82) is 0 Å². The molecule has 21 heavy (non-hydrogen) atoms. The van der Waals surface area contributed by atoms with Gasteiger partial charge in [0, 0.05) is 11.3 Å². The van der Waals surface area contributed by atoms with Crippen LogP contribution in [0.25, 0.3) is 0 Å². The van der Waals surface area contributed by atoms with Crippen molar-refractivity contribution in [2.45, 2.75) is 24.2 Å². The fraction of sp³-hybridized carbons (Fsp3) is 0.267. The summed E-state index contributed by atoms with van der Waals surface area (Å²) in [6.45, 7) is 0. The number of carbonyl (C=O) groups excluding carboxylic acids is 2. The second kappa shape index (κ2) is 5.99. The molecule has 1 heterocycles. The van der Waals surface area contributed by atoms with Crippen molar-refractivity contribution in [2.75, 3.05) is 11.6 Å². The normalized spacial score (nSPS) is 13.9. The fourth-order valence-corrected chi connectivity index (χ4v) is 3.89. The maximum atomic E-state index is 12.3. The summed E-state index contributed by atoms with van der Waals surface area (Å²) >= 11 is 2.81. The zero-order valence-electron chi connectivity index (χ0n) is 11.5. The van der Waals surface area contributed by atoms with E-state index in [1.54, 1.807) is 6.07 Å². The maximum Gasteiger partial charge on any atom is 0.258 e. The minimum absolute atomic E-state index is 0.138. The first-order chi connectivity index (χ1) is 10.2. The molecular weight excluding hydrogens is 304 g/mol. The zero-order valence-corrected chi connectivity index (χ0v) is 13.1. The highest BCUT2D eigenvalue weighted by atomic mass is 32.2. The first-order valence-corrected chi connectivity index (χ1v) is 8.70. The van der Waals surface area contributed by atoms with Crippen LogP contribution >= 0.6 is 23.1 Å². The van der Waals surface area contributed by atoms with Gasteiger partial charge in [-0.1, -0.05) is 23.5 Å². The van der Waals surface area contributed by atoms with Crippen LogP contribution in [-0.4, -0.2) is 22.9 Å². The molecule has 1 aromatic heterocycles. The number of rotatable bonds is 3. The van der Waals surface area contributed by atoms with E-state index >= 15 is 0 Å². The number of aryl methyl sites for hydroxylation is 1. The number of fused-ring (bicyclic) bond motifs is 1. The number of aromatic nitrogens is 1. The number of benzene rings is 1. The van der Waals surface area contributed by atoms with E-state index in [2.05, 4.69) is 10.3 Å². The Hall–Kier alpha value is -1.66. The number of thiazole rings is 1. The van der Waals surface area contributed by atoms with Crippen molar-refractivity contribution < 1.29 is 9.59 Å². The zero-order chi connectivity index (χ0) is 14.8. The van der Waals surface area contributed by atoms with E-state index < -0.39 is 0 Å². The topological polar surface area (TPSA) is 59.1 Å². The summed E-state index contributed by atoms with van der Waals surface area (Å²) < 4.78 is 0. The molecular formula is C15H14N2O2S2. The molecule has 1 amide bonds. The molecule has 2 aromatic rings. The summed E-state index contributed by atoms with van der Waals surface area (Å²) in [6.07, 6.45) is 4.18. The predicted octanol–water partition coefficient (Wildman–Crippen LogP) is 3.64. The number of carbonyl (C=O) groups is 2. The van der Waals surface area contributed by atoms with Crippen molar-refractivity contribution in [3.05, 3.63) is 40.4 Å². The van der Waals surface area contributed by atoms with Crippen LogP contribution in [0.15, 0.2) is 29.2 Å². The van der Waals surface area contributed by atoms with E-state index in [4.69, 9.17) is 0 Å². The molecule has 6 heteroatoms. The molecule has 0 saturated carbocycles. The second-order valence-corrected chi connectivity index (χ2v) is 6.57. The Balaban J connectivity index is 1.84. The Kier molecular flexibility index (Phi) is 4.07. The lowest BCUT2D eigenvalue weighted by Gasteiger charge is -2.06. The number of hydrogen-bond donors (Lipinski definition) is 1. The molecule has 1 aromatic carbocycles. The van der Waals surface area contributed by atoms with Crippen LogP contribution in [0.2, 0.25) is 0 Å². The summed E-state index contributed by atoms with van der Waals surface area (Å²) in [5.74, 6) is -0.0442. The van der Waals surface area contributed by atoms with Crippen LogP contribution in [0.4, 0.5) is 5.13 Å². The van der Waals surface area contributed by atoms with Gasteiger partial charge in [0.15, 0.2) is 10.9 Å². The Bertz CT molecular complexity index is 709. The van der Waals surface area contributed by atoms with E-state index in [0.29, 0.717) is 22.0 Å². The Morgan fingerprint density at radius 3 is 2.90 bits per heavy atom. The van der Waals surface area contributed by atoms with Crippen molar-refractivity contribution in [3.8, 4) is 0 Å². The molecule has 0 fully saturated rings.